The summed E-state index contributed by atoms with van der Waals surface area (Å²) in [6, 6.07) is 7.59. The molecule has 0 saturated heterocycles. The number of fused-ring (bicyclic) bond motifs is 1. The molecule has 0 atom stereocenters. The lowest BCUT2D eigenvalue weighted by Gasteiger charge is -2.30. The molecule has 0 spiro atoms. The van der Waals surface area contributed by atoms with Gasteiger partial charge in [-0.1, -0.05) is 11.6 Å². The van der Waals surface area contributed by atoms with E-state index < -0.39 is 22.1 Å². The number of hydrogen-bond acceptors (Lipinski definition) is 4. The molecule has 0 radical (unpaired) electrons. The van der Waals surface area contributed by atoms with Gasteiger partial charge in [-0.2, -0.15) is 0 Å². The Labute approximate surface area is 164 Å². The fraction of sp³-hybridized carbons (Fsp3) is 0.278. The van der Waals surface area contributed by atoms with Crippen LogP contribution in [0.2, 0.25) is 5.02 Å². The van der Waals surface area contributed by atoms with E-state index >= 15 is 0 Å². The van der Waals surface area contributed by atoms with Crippen LogP contribution >= 0.6 is 11.6 Å². The van der Waals surface area contributed by atoms with Crippen LogP contribution in [0.3, 0.4) is 0 Å². The molecule has 3 rings (SSSR count). The van der Waals surface area contributed by atoms with Gasteiger partial charge in [0.2, 0.25) is 0 Å². The zero-order valence-electron chi connectivity index (χ0n) is 14.6. The second-order valence-electron chi connectivity index (χ2n) is 6.31. The van der Waals surface area contributed by atoms with Crippen molar-refractivity contribution in [2.75, 3.05) is 17.7 Å². The molecule has 5 nitrogen and oxygen atoms in total. The Morgan fingerprint density at radius 1 is 1.18 bits per heavy atom. The lowest BCUT2D eigenvalue weighted by Crippen LogP contribution is -2.35. The number of amides is 1. The predicted octanol–water partition coefficient (Wildman–Crippen LogP) is 4.24. The Morgan fingerprint density at radius 2 is 1.89 bits per heavy atom. The van der Waals surface area contributed by atoms with E-state index in [0.29, 0.717) is 30.6 Å². The zero-order valence-corrected chi connectivity index (χ0v) is 16.2. The van der Waals surface area contributed by atoms with Gasteiger partial charge in [0.1, 0.15) is 5.75 Å². The Hall–Kier alpha value is -2.26. The number of ether oxygens (including phenoxy) is 1. The first-order chi connectivity index (χ1) is 13.0. The van der Waals surface area contributed by atoms with Gasteiger partial charge < -0.3 is 9.64 Å². The van der Waals surface area contributed by atoms with Crippen LogP contribution in [-0.2, 0) is 16.3 Å². The largest absolute Gasteiger partial charge is 0.573 e. The van der Waals surface area contributed by atoms with E-state index in [1.165, 1.54) is 35.2 Å². The maximum absolute atomic E-state index is 13.0. The summed E-state index contributed by atoms with van der Waals surface area (Å²) in [6.45, 7) is 0.324. The zero-order chi connectivity index (χ0) is 20.7. The number of nitrogens with zero attached hydrogens (tertiary/aromatic N) is 1. The van der Waals surface area contributed by atoms with Gasteiger partial charge in [0.15, 0.2) is 9.84 Å². The summed E-state index contributed by atoms with van der Waals surface area (Å²) in [5.41, 5.74) is 0.969. The molecule has 1 aliphatic rings. The summed E-state index contributed by atoms with van der Waals surface area (Å²) < 4.78 is 64.8. The topological polar surface area (TPSA) is 63.7 Å². The number of alkyl halides is 3. The van der Waals surface area contributed by atoms with E-state index in [1.807, 2.05) is 0 Å². The van der Waals surface area contributed by atoms with Crippen LogP contribution in [0.25, 0.3) is 0 Å². The Morgan fingerprint density at radius 3 is 2.54 bits per heavy atom. The Balaban J connectivity index is 1.98. The van der Waals surface area contributed by atoms with Crippen LogP contribution in [0, 0.1) is 0 Å². The van der Waals surface area contributed by atoms with E-state index in [9.17, 15) is 26.4 Å². The van der Waals surface area contributed by atoms with Crippen molar-refractivity contribution in [1.29, 1.82) is 0 Å². The van der Waals surface area contributed by atoms with Gasteiger partial charge in [-0.05, 0) is 54.8 Å². The molecular formula is C18H15ClF3NO4S. The highest BCUT2D eigenvalue weighted by Crippen LogP contribution is 2.34. The van der Waals surface area contributed by atoms with E-state index in [1.54, 1.807) is 0 Å². The number of carbonyl (C=O) groups is 1. The maximum Gasteiger partial charge on any atom is 0.573 e. The van der Waals surface area contributed by atoms with Gasteiger partial charge in [0.25, 0.3) is 5.91 Å². The van der Waals surface area contributed by atoms with E-state index in [0.717, 1.165) is 12.3 Å². The van der Waals surface area contributed by atoms with Crippen LogP contribution < -0.4 is 9.64 Å². The van der Waals surface area contributed by atoms with Crippen molar-refractivity contribution < 1.29 is 31.1 Å². The molecule has 0 fully saturated rings. The molecule has 2 aromatic carbocycles. The van der Waals surface area contributed by atoms with Gasteiger partial charge in [-0.15, -0.1) is 13.2 Å². The second kappa shape index (κ2) is 7.29. The summed E-state index contributed by atoms with van der Waals surface area (Å²) in [4.78, 5) is 14.3. The Bertz CT molecular complexity index is 1040. The lowest BCUT2D eigenvalue weighted by atomic mass is 10.0. The quantitative estimate of drug-likeness (QED) is 0.726. The minimum atomic E-state index is -4.81. The van der Waals surface area contributed by atoms with Crippen LogP contribution in [0.1, 0.15) is 22.3 Å². The van der Waals surface area contributed by atoms with Crippen molar-refractivity contribution in [3.8, 4) is 5.75 Å². The fourth-order valence-corrected chi connectivity index (χ4v) is 3.87. The molecule has 10 heteroatoms. The van der Waals surface area contributed by atoms with Crippen molar-refractivity contribution in [3.05, 3.63) is 52.5 Å². The minimum absolute atomic E-state index is 0.00746. The fourth-order valence-electron chi connectivity index (χ4n) is 3.03. The molecule has 0 aliphatic carbocycles. The van der Waals surface area contributed by atoms with Crippen LogP contribution in [0.4, 0.5) is 18.9 Å². The number of sulfone groups is 1. The SMILES string of the molecule is CS(=O)(=O)c1ccc(Cl)c(C(=O)N2CCCc3cc(OC(F)(F)F)ccc32)c1. The number of benzene rings is 2. The summed E-state index contributed by atoms with van der Waals surface area (Å²) in [6.07, 6.45) is -2.79. The summed E-state index contributed by atoms with van der Waals surface area (Å²) >= 11 is 6.10. The molecule has 0 aromatic heterocycles. The highest BCUT2D eigenvalue weighted by Gasteiger charge is 2.32. The number of rotatable bonds is 3. The highest BCUT2D eigenvalue weighted by molar-refractivity contribution is 7.90. The third-order valence-corrected chi connectivity index (χ3v) is 5.68. The minimum Gasteiger partial charge on any atom is -0.406 e. The number of halogens is 4. The molecule has 0 saturated carbocycles. The third-order valence-electron chi connectivity index (χ3n) is 4.24. The molecule has 1 heterocycles. The molecule has 1 amide bonds. The first-order valence-corrected chi connectivity index (χ1v) is 10.4. The summed E-state index contributed by atoms with van der Waals surface area (Å²) in [5.74, 6) is -0.890. The van der Waals surface area contributed by atoms with Gasteiger partial charge in [0.05, 0.1) is 15.5 Å². The van der Waals surface area contributed by atoms with Gasteiger partial charge in [0, 0.05) is 18.5 Å². The van der Waals surface area contributed by atoms with Crippen LogP contribution in [0.15, 0.2) is 41.3 Å². The van der Waals surface area contributed by atoms with Crippen molar-refractivity contribution >= 4 is 33.0 Å². The second-order valence-corrected chi connectivity index (χ2v) is 8.74. The Kier molecular flexibility index (Phi) is 5.33. The van der Waals surface area contributed by atoms with Crippen molar-refractivity contribution in [2.24, 2.45) is 0 Å². The highest BCUT2D eigenvalue weighted by atomic mass is 35.5. The van der Waals surface area contributed by atoms with Crippen LogP contribution in [-0.4, -0.2) is 33.5 Å². The third kappa shape index (κ3) is 4.41. The van der Waals surface area contributed by atoms with Gasteiger partial charge >= 0.3 is 6.36 Å². The molecule has 150 valence electrons. The molecule has 0 bridgehead atoms. The predicted molar refractivity (Wildman–Crippen MR) is 97.7 cm³/mol. The van der Waals surface area contributed by atoms with Crippen LogP contribution in [0.5, 0.6) is 5.75 Å². The number of carbonyl (C=O) groups excluding carboxylic acids is 1. The number of hydrogen-bond donors (Lipinski definition) is 0. The first-order valence-electron chi connectivity index (χ1n) is 8.16. The van der Waals surface area contributed by atoms with Crippen molar-refractivity contribution in [2.45, 2.75) is 24.1 Å². The molecule has 2 aromatic rings. The number of aryl methyl sites for hydroxylation is 1. The maximum atomic E-state index is 13.0. The monoisotopic (exact) mass is 433 g/mol. The molecule has 1 aliphatic heterocycles. The average molecular weight is 434 g/mol. The van der Waals surface area contributed by atoms with E-state index in [2.05, 4.69) is 4.74 Å². The average Bonchev–Trinajstić information content (AvgIpc) is 2.58. The number of anilines is 1. The lowest BCUT2D eigenvalue weighted by molar-refractivity contribution is -0.274. The standard InChI is InChI=1S/C18H15ClF3NO4S/c1-28(25,26)13-5-6-15(19)14(10-13)17(24)23-8-2-3-11-9-12(4-7-16(11)23)27-18(20,21)22/h4-7,9-10H,2-3,8H2,1H3. The smallest absolute Gasteiger partial charge is 0.406 e. The first kappa shape index (κ1) is 20.5. The van der Waals surface area contributed by atoms with Gasteiger partial charge in [-0.3, -0.25) is 4.79 Å². The molecule has 28 heavy (non-hydrogen) atoms. The normalized spacial score (nSPS) is 14.5. The van der Waals surface area contributed by atoms with E-state index in [4.69, 9.17) is 11.6 Å². The van der Waals surface area contributed by atoms with E-state index in [-0.39, 0.29) is 21.2 Å². The van der Waals surface area contributed by atoms with Crippen molar-refractivity contribution in [1.82, 2.24) is 0 Å². The summed E-state index contributed by atoms with van der Waals surface area (Å²) in [7, 11) is -3.54. The molecule has 0 N–H and O–H groups in total. The summed E-state index contributed by atoms with van der Waals surface area (Å²) in [5, 5.41) is 0.0848. The van der Waals surface area contributed by atoms with Crippen molar-refractivity contribution in [3.63, 3.8) is 0 Å². The van der Waals surface area contributed by atoms with Gasteiger partial charge in [-0.25, -0.2) is 8.42 Å². The molecule has 0 unspecified atom stereocenters. The molecular weight excluding hydrogens is 419 g/mol.